The minimum Gasteiger partial charge on any atom is -0.487 e. The predicted octanol–water partition coefficient (Wildman–Crippen LogP) is 7.81. The number of para-hydroxylation sites is 2. The van der Waals surface area contributed by atoms with Gasteiger partial charge in [0.25, 0.3) is 11.8 Å². The summed E-state index contributed by atoms with van der Waals surface area (Å²) in [6.07, 6.45) is 1.34. The second-order valence-electron chi connectivity index (χ2n) is 8.52. The Labute approximate surface area is 239 Å². The standard InChI is InChI=1S/C30H19Cl3N2O4/c31-21-9-7-8-19(14-21)18-39-27-20(15-22(32)17-26(27)33)16-25-28(36)34(23-10-3-1-4-11-23)30(38)35(29(25)37)24-12-5-2-6-13-24/h1-17H,18H2. The largest absolute Gasteiger partial charge is 0.487 e. The van der Waals surface area contributed by atoms with Crippen molar-refractivity contribution in [2.75, 3.05) is 9.80 Å². The average molecular weight is 578 g/mol. The molecule has 0 atom stereocenters. The lowest BCUT2D eigenvalue weighted by molar-refractivity contribution is -0.121. The summed E-state index contributed by atoms with van der Waals surface area (Å²) < 4.78 is 6.01. The highest BCUT2D eigenvalue weighted by Crippen LogP contribution is 2.36. The number of hydrogen-bond acceptors (Lipinski definition) is 4. The zero-order chi connectivity index (χ0) is 27.5. The van der Waals surface area contributed by atoms with Crippen LogP contribution in [0.4, 0.5) is 16.2 Å². The van der Waals surface area contributed by atoms with Crippen LogP contribution in [0.3, 0.4) is 0 Å². The lowest BCUT2D eigenvalue weighted by Gasteiger charge is -2.34. The minimum absolute atomic E-state index is 0.116. The van der Waals surface area contributed by atoms with Crippen LogP contribution in [0.25, 0.3) is 6.08 Å². The Kier molecular flexibility index (Phi) is 7.70. The molecule has 0 radical (unpaired) electrons. The summed E-state index contributed by atoms with van der Waals surface area (Å²) in [5, 5.41) is 1.00. The first-order valence-electron chi connectivity index (χ1n) is 11.7. The molecule has 1 aliphatic heterocycles. The molecule has 0 saturated carbocycles. The van der Waals surface area contributed by atoms with Crippen LogP contribution in [-0.4, -0.2) is 17.8 Å². The first-order valence-corrected chi connectivity index (χ1v) is 12.9. The van der Waals surface area contributed by atoms with Crippen LogP contribution < -0.4 is 14.5 Å². The van der Waals surface area contributed by atoms with Crippen molar-refractivity contribution in [1.82, 2.24) is 0 Å². The molecule has 4 amide bonds. The number of nitrogens with zero attached hydrogens (tertiary/aromatic N) is 2. The summed E-state index contributed by atoms with van der Waals surface area (Å²) in [7, 11) is 0. The Morgan fingerprint density at radius 3 is 1.82 bits per heavy atom. The molecule has 0 spiro atoms. The maximum absolute atomic E-state index is 13.7. The van der Waals surface area contributed by atoms with E-state index in [9.17, 15) is 14.4 Å². The van der Waals surface area contributed by atoms with Gasteiger partial charge in [-0.1, -0.05) is 83.3 Å². The quantitative estimate of drug-likeness (QED) is 0.173. The number of carbonyl (C=O) groups excluding carboxylic acids is 3. The lowest BCUT2D eigenvalue weighted by atomic mass is 10.0. The van der Waals surface area contributed by atoms with E-state index in [1.54, 1.807) is 78.9 Å². The minimum atomic E-state index is -0.791. The van der Waals surface area contributed by atoms with Crippen LogP contribution in [0.15, 0.2) is 103 Å². The molecule has 39 heavy (non-hydrogen) atoms. The van der Waals surface area contributed by atoms with Crippen LogP contribution in [0.1, 0.15) is 11.1 Å². The fourth-order valence-electron chi connectivity index (χ4n) is 4.12. The third kappa shape index (κ3) is 5.54. The van der Waals surface area contributed by atoms with E-state index in [1.807, 2.05) is 6.07 Å². The van der Waals surface area contributed by atoms with Crippen molar-refractivity contribution in [2.24, 2.45) is 0 Å². The van der Waals surface area contributed by atoms with Gasteiger partial charge < -0.3 is 4.74 Å². The molecule has 9 heteroatoms. The topological polar surface area (TPSA) is 66.9 Å². The van der Waals surface area contributed by atoms with E-state index in [0.29, 0.717) is 22.0 Å². The van der Waals surface area contributed by atoms with E-state index in [4.69, 9.17) is 39.5 Å². The maximum atomic E-state index is 13.7. The third-order valence-corrected chi connectivity index (χ3v) is 6.62. The molecular formula is C30H19Cl3N2O4. The van der Waals surface area contributed by atoms with Crippen LogP contribution in [0, 0.1) is 0 Å². The van der Waals surface area contributed by atoms with Gasteiger partial charge >= 0.3 is 6.03 Å². The van der Waals surface area contributed by atoms with Gasteiger partial charge in [-0.05, 0) is 60.2 Å². The molecule has 1 saturated heterocycles. The molecule has 4 aromatic rings. The molecule has 1 heterocycles. The molecule has 4 aromatic carbocycles. The van der Waals surface area contributed by atoms with Gasteiger partial charge in [0.05, 0.1) is 16.4 Å². The highest BCUT2D eigenvalue weighted by atomic mass is 35.5. The van der Waals surface area contributed by atoms with Gasteiger partial charge in [-0.3, -0.25) is 9.59 Å². The molecule has 0 N–H and O–H groups in total. The molecule has 0 aliphatic carbocycles. The van der Waals surface area contributed by atoms with Gasteiger partial charge in [0.2, 0.25) is 0 Å². The number of urea groups is 1. The zero-order valence-electron chi connectivity index (χ0n) is 20.2. The van der Waals surface area contributed by atoms with Gasteiger partial charge in [0.1, 0.15) is 17.9 Å². The molecule has 0 aromatic heterocycles. The molecule has 0 unspecified atom stereocenters. The summed E-state index contributed by atoms with van der Waals surface area (Å²) >= 11 is 18.9. The van der Waals surface area contributed by atoms with Crippen molar-refractivity contribution < 1.29 is 19.1 Å². The lowest BCUT2D eigenvalue weighted by Crippen LogP contribution is -2.57. The Balaban J connectivity index is 1.61. The second kappa shape index (κ2) is 11.3. The van der Waals surface area contributed by atoms with Crippen molar-refractivity contribution in [1.29, 1.82) is 0 Å². The molecule has 1 fully saturated rings. The molecule has 194 valence electrons. The van der Waals surface area contributed by atoms with Crippen molar-refractivity contribution in [2.45, 2.75) is 6.61 Å². The number of benzene rings is 4. The number of imide groups is 2. The van der Waals surface area contributed by atoms with E-state index in [-0.39, 0.29) is 28.0 Å². The van der Waals surface area contributed by atoms with E-state index in [1.165, 1.54) is 18.2 Å². The average Bonchev–Trinajstić information content (AvgIpc) is 2.92. The smallest absolute Gasteiger partial charge is 0.343 e. The highest BCUT2D eigenvalue weighted by Gasteiger charge is 2.43. The molecule has 1 aliphatic rings. The predicted molar refractivity (Wildman–Crippen MR) is 153 cm³/mol. The maximum Gasteiger partial charge on any atom is 0.343 e. The van der Waals surface area contributed by atoms with Crippen molar-refractivity contribution in [3.8, 4) is 5.75 Å². The number of carbonyl (C=O) groups is 3. The van der Waals surface area contributed by atoms with Gasteiger partial charge in [0, 0.05) is 15.6 Å². The number of ether oxygens (including phenoxy) is 1. The van der Waals surface area contributed by atoms with Crippen molar-refractivity contribution in [3.63, 3.8) is 0 Å². The molecule has 6 nitrogen and oxygen atoms in total. The van der Waals surface area contributed by atoms with Crippen molar-refractivity contribution >= 4 is 70.1 Å². The zero-order valence-corrected chi connectivity index (χ0v) is 22.5. The van der Waals surface area contributed by atoms with Gasteiger partial charge in [-0.15, -0.1) is 0 Å². The van der Waals surface area contributed by atoms with E-state index in [2.05, 4.69) is 0 Å². The van der Waals surface area contributed by atoms with Crippen LogP contribution >= 0.6 is 34.8 Å². The summed E-state index contributed by atoms with van der Waals surface area (Å²) in [5.41, 5.74) is 1.43. The molecule has 0 bridgehead atoms. The number of rotatable bonds is 6. The molecular weight excluding hydrogens is 559 g/mol. The van der Waals surface area contributed by atoms with E-state index >= 15 is 0 Å². The van der Waals surface area contributed by atoms with Gasteiger partial charge in [-0.2, -0.15) is 0 Å². The number of hydrogen-bond donors (Lipinski definition) is 0. The number of barbiturate groups is 1. The SMILES string of the molecule is O=C1C(=Cc2cc(Cl)cc(Cl)c2OCc2cccc(Cl)c2)C(=O)N(c2ccccc2)C(=O)N1c1ccccc1. The Morgan fingerprint density at radius 1 is 0.667 bits per heavy atom. The van der Waals surface area contributed by atoms with Crippen LogP contribution in [0.2, 0.25) is 15.1 Å². The summed E-state index contributed by atoms with van der Waals surface area (Å²) in [4.78, 5) is 42.8. The summed E-state index contributed by atoms with van der Waals surface area (Å²) in [6, 6.07) is 26.1. The van der Waals surface area contributed by atoms with E-state index < -0.39 is 17.8 Å². The third-order valence-electron chi connectivity index (χ3n) is 5.89. The van der Waals surface area contributed by atoms with Crippen LogP contribution in [-0.2, 0) is 16.2 Å². The second-order valence-corrected chi connectivity index (χ2v) is 9.80. The van der Waals surface area contributed by atoms with Gasteiger partial charge in [-0.25, -0.2) is 14.6 Å². The Hall–Kier alpha value is -4.10. The number of amides is 4. The van der Waals surface area contributed by atoms with Crippen LogP contribution in [0.5, 0.6) is 5.75 Å². The first-order chi connectivity index (χ1) is 18.8. The van der Waals surface area contributed by atoms with Gasteiger partial charge in [0.15, 0.2) is 0 Å². The fraction of sp³-hybridized carbons (Fsp3) is 0.0333. The highest BCUT2D eigenvalue weighted by molar-refractivity contribution is 6.46. The Bertz CT molecular complexity index is 1540. The summed E-state index contributed by atoms with van der Waals surface area (Å²) in [5.74, 6) is -1.37. The number of anilines is 2. The normalized spacial score (nSPS) is 13.6. The fourth-order valence-corrected chi connectivity index (χ4v) is 4.89. The number of halogens is 3. The monoisotopic (exact) mass is 576 g/mol. The molecule has 5 rings (SSSR count). The van der Waals surface area contributed by atoms with Crippen molar-refractivity contribution in [3.05, 3.63) is 129 Å². The Morgan fingerprint density at radius 2 is 1.26 bits per heavy atom. The summed E-state index contributed by atoms with van der Waals surface area (Å²) in [6.45, 7) is 0.116. The first kappa shape index (κ1) is 26.5. The van der Waals surface area contributed by atoms with E-state index in [0.717, 1.165) is 15.4 Å².